The van der Waals surface area contributed by atoms with E-state index in [4.69, 9.17) is 4.74 Å². The topological polar surface area (TPSA) is 29.5 Å². The first-order valence-electron chi connectivity index (χ1n) is 7.62. The van der Waals surface area contributed by atoms with Gasteiger partial charge in [-0.3, -0.25) is 4.79 Å². The summed E-state index contributed by atoms with van der Waals surface area (Å²) in [6.45, 7) is 12.6. The van der Waals surface area contributed by atoms with Gasteiger partial charge in [0.1, 0.15) is 5.78 Å². The van der Waals surface area contributed by atoms with E-state index in [9.17, 15) is 4.79 Å². The summed E-state index contributed by atoms with van der Waals surface area (Å²) in [5, 5.41) is 0. The molecule has 3 nitrogen and oxygen atoms in total. The minimum Gasteiger partial charge on any atom is -0.383 e. The van der Waals surface area contributed by atoms with E-state index in [1.54, 1.807) is 7.11 Å². The number of hydrogen-bond acceptors (Lipinski definition) is 3. The van der Waals surface area contributed by atoms with E-state index in [0.29, 0.717) is 17.1 Å². The molecule has 2 atom stereocenters. The third-order valence-corrected chi connectivity index (χ3v) is 4.53. The van der Waals surface area contributed by atoms with Crippen LogP contribution in [0, 0.1) is 17.3 Å². The van der Waals surface area contributed by atoms with E-state index in [1.807, 2.05) is 0 Å². The molecule has 0 aromatic carbocycles. The van der Waals surface area contributed by atoms with Crippen LogP contribution in [-0.2, 0) is 9.53 Å². The molecule has 1 saturated carbocycles. The lowest BCUT2D eigenvalue weighted by Crippen LogP contribution is -2.40. The average molecular weight is 269 g/mol. The Morgan fingerprint density at radius 2 is 2.05 bits per heavy atom. The maximum atomic E-state index is 12.1. The number of methoxy groups -OCH3 is 1. The van der Waals surface area contributed by atoms with Crippen LogP contribution >= 0.6 is 0 Å². The van der Waals surface area contributed by atoms with Gasteiger partial charge >= 0.3 is 0 Å². The fourth-order valence-electron chi connectivity index (χ4n) is 2.99. The Labute approximate surface area is 118 Å². The molecule has 0 bridgehead atoms. The molecule has 2 unspecified atom stereocenters. The zero-order chi connectivity index (χ0) is 14.5. The van der Waals surface area contributed by atoms with E-state index in [2.05, 4.69) is 32.6 Å². The summed E-state index contributed by atoms with van der Waals surface area (Å²) in [5.41, 5.74) is 0.322. The fourth-order valence-corrected chi connectivity index (χ4v) is 2.99. The van der Waals surface area contributed by atoms with Gasteiger partial charge in [-0.15, -0.1) is 0 Å². The summed E-state index contributed by atoms with van der Waals surface area (Å²) in [6, 6.07) is 0. The first kappa shape index (κ1) is 16.6. The third kappa shape index (κ3) is 5.23. The number of carbonyl (C=O) groups excluding carboxylic acids is 1. The van der Waals surface area contributed by atoms with E-state index >= 15 is 0 Å². The van der Waals surface area contributed by atoms with Gasteiger partial charge in [-0.05, 0) is 30.7 Å². The third-order valence-electron chi connectivity index (χ3n) is 4.53. The minimum absolute atomic E-state index is 0.231. The Morgan fingerprint density at radius 3 is 2.58 bits per heavy atom. The van der Waals surface area contributed by atoms with E-state index < -0.39 is 0 Å². The number of Topliss-reactive ketones (excluding diaryl/α,β-unsaturated/α-hetero) is 1. The van der Waals surface area contributed by atoms with Gasteiger partial charge in [-0.2, -0.15) is 0 Å². The molecule has 0 saturated heterocycles. The smallest absolute Gasteiger partial charge is 0.137 e. The molecular formula is C16H31NO2. The molecule has 0 N–H and O–H groups in total. The first-order valence-corrected chi connectivity index (χ1v) is 7.62. The van der Waals surface area contributed by atoms with Crippen molar-refractivity contribution in [3.05, 3.63) is 0 Å². The van der Waals surface area contributed by atoms with Crippen LogP contribution in [0.15, 0.2) is 0 Å². The highest BCUT2D eigenvalue weighted by Gasteiger charge is 2.35. The Bertz CT molecular complexity index is 283. The highest BCUT2D eigenvalue weighted by atomic mass is 16.5. The largest absolute Gasteiger partial charge is 0.383 e. The van der Waals surface area contributed by atoms with Crippen molar-refractivity contribution >= 4 is 5.78 Å². The van der Waals surface area contributed by atoms with Crippen molar-refractivity contribution < 1.29 is 9.53 Å². The molecular weight excluding hydrogens is 238 g/mol. The zero-order valence-corrected chi connectivity index (χ0v) is 13.4. The second-order valence-corrected chi connectivity index (χ2v) is 6.89. The average Bonchev–Trinajstić information content (AvgIpc) is 2.35. The van der Waals surface area contributed by atoms with Crippen LogP contribution in [0.4, 0.5) is 0 Å². The number of rotatable bonds is 6. The zero-order valence-electron chi connectivity index (χ0n) is 13.4. The SMILES string of the molecule is CCN(CCOC)CC1CC(C(C)(C)C)CCC1=O. The summed E-state index contributed by atoms with van der Waals surface area (Å²) in [5.74, 6) is 1.38. The maximum absolute atomic E-state index is 12.1. The normalized spacial score (nSPS) is 25.1. The molecule has 112 valence electrons. The second-order valence-electron chi connectivity index (χ2n) is 6.89. The predicted octanol–water partition coefficient (Wildman–Crippen LogP) is 2.99. The van der Waals surface area contributed by atoms with Crippen LogP contribution < -0.4 is 0 Å². The molecule has 0 aliphatic heterocycles. The molecule has 1 rings (SSSR count). The summed E-state index contributed by atoms with van der Waals surface area (Å²) in [7, 11) is 1.73. The van der Waals surface area contributed by atoms with Crippen molar-refractivity contribution in [3.63, 3.8) is 0 Å². The first-order chi connectivity index (χ1) is 8.88. The molecule has 1 aliphatic rings. The van der Waals surface area contributed by atoms with E-state index in [-0.39, 0.29) is 5.92 Å². The number of hydrogen-bond donors (Lipinski definition) is 0. The lowest BCUT2D eigenvalue weighted by molar-refractivity contribution is -0.127. The van der Waals surface area contributed by atoms with Crippen molar-refractivity contribution in [2.45, 2.75) is 47.0 Å². The molecule has 3 heteroatoms. The number of nitrogens with zero attached hydrogens (tertiary/aromatic N) is 1. The maximum Gasteiger partial charge on any atom is 0.137 e. The quantitative estimate of drug-likeness (QED) is 0.742. The fraction of sp³-hybridized carbons (Fsp3) is 0.938. The highest BCUT2D eigenvalue weighted by Crippen LogP contribution is 2.39. The Kier molecular flexibility index (Phi) is 6.48. The van der Waals surface area contributed by atoms with Crippen LogP contribution in [0.25, 0.3) is 0 Å². The van der Waals surface area contributed by atoms with E-state index in [1.165, 1.54) is 0 Å². The summed E-state index contributed by atoms with van der Waals surface area (Å²) in [6.07, 6.45) is 2.91. The summed E-state index contributed by atoms with van der Waals surface area (Å²) < 4.78 is 5.14. The van der Waals surface area contributed by atoms with Crippen molar-refractivity contribution in [2.24, 2.45) is 17.3 Å². The molecule has 19 heavy (non-hydrogen) atoms. The van der Waals surface area contributed by atoms with Gasteiger partial charge in [-0.1, -0.05) is 27.7 Å². The van der Waals surface area contributed by atoms with Gasteiger partial charge < -0.3 is 9.64 Å². The van der Waals surface area contributed by atoms with Gasteiger partial charge in [0, 0.05) is 32.5 Å². The van der Waals surface area contributed by atoms with Crippen LogP contribution in [-0.4, -0.2) is 44.0 Å². The van der Waals surface area contributed by atoms with Crippen molar-refractivity contribution in [3.8, 4) is 0 Å². The molecule has 0 heterocycles. The predicted molar refractivity (Wildman–Crippen MR) is 79.3 cm³/mol. The van der Waals surface area contributed by atoms with Crippen molar-refractivity contribution in [1.82, 2.24) is 4.90 Å². The van der Waals surface area contributed by atoms with E-state index in [0.717, 1.165) is 45.5 Å². The Balaban J connectivity index is 2.56. The van der Waals surface area contributed by atoms with Crippen LogP contribution in [0.5, 0.6) is 0 Å². The van der Waals surface area contributed by atoms with Crippen LogP contribution in [0.3, 0.4) is 0 Å². The Morgan fingerprint density at radius 1 is 1.37 bits per heavy atom. The number of ketones is 1. The van der Waals surface area contributed by atoms with Crippen LogP contribution in [0.2, 0.25) is 0 Å². The Hall–Kier alpha value is -0.410. The number of likely N-dealkylation sites (N-methyl/N-ethyl adjacent to an activating group) is 1. The van der Waals surface area contributed by atoms with Gasteiger partial charge in [0.25, 0.3) is 0 Å². The molecule has 1 fully saturated rings. The molecule has 0 radical (unpaired) electrons. The van der Waals surface area contributed by atoms with Gasteiger partial charge in [-0.25, -0.2) is 0 Å². The summed E-state index contributed by atoms with van der Waals surface area (Å²) in [4.78, 5) is 14.5. The van der Waals surface area contributed by atoms with Crippen LogP contribution in [0.1, 0.15) is 47.0 Å². The van der Waals surface area contributed by atoms with Crippen molar-refractivity contribution in [1.29, 1.82) is 0 Å². The standard InChI is InChI=1S/C16H31NO2/c1-6-17(9-10-19-5)12-13-11-14(16(2,3)4)7-8-15(13)18/h13-14H,6-12H2,1-5H3. The lowest BCUT2D eigenvalue weighted by atomic mass is 9.68. The molecule has 0 aromatic rings. The summed E-state index contributed by atoms with van der Waals surface area (Å²) >= 11 is 0. The second kappa shape index (κ2) is 7.39. The lowest BCUT2D eigenvalue weighted by Gasteiger charge is -2.38. The van der Waals surface area contributed by atoms with Gasteiger partial charge in [0.2, 0.25) is 0 Å². The molecule has 1 aliphatic carbocycles. The highest BCUT2D eigenvalue weighted by molar-refractivity contribution is 5.82. The molecule has 0 spiro atoms. The van der Waals surface area contributed by atoms with Gasteiger partial charge in [0.15, 0.2) is 0 Å². The monoisotopic (exact) mass is 269 g/mol. The molecule has 0 aromatic heterocycles. The van der Waals surface area contributed by atoms with Gasteiger partial charge in [0.05, 0.1) is 6.61 Å². The number of carbonyl (C=O) groups is 1. The number of ether oxygens (including phenoxy) is 1. The van der Waals surface area contributed by atoms with Crippen molar-refractivity contribution in [2.75, 3.05) is 33.4 Å². The molecule has 0 amide bonds. The minimum atomic E-state index is 0.231.